The summed E-state index contributed by atoms with van der Waals surface area (Å²) in [7, 11) is 0. The zero-order valence-corrected chi connectivity index (χ0v) is 18.4. The first-order valence-electron chi connectivity index (χ1n) is 10.4. The first-order chi connectivity index (χ1) is 15.7. The third-order valence-corrected chi connectivity index (χ3v) is 5.19. The largest absolute Gasteiger partial charge is 0.445 e. The maximum Gasteiger partial charge on any atom is 0.408 e. The van der Waals surface area contributed by atoms with Crippen molar-refractivity contribution < 1.29 is 14.3 Å². The number of aromatic nitrogens is 1. The molecule has 0 fully saturated rings. The van der Waals surface area contributed by atoms with Gasteiger partial charge in [-0.2, -0.15) is 0 Å². The van der Waals surface area contributed by atoms with Crippen LogP contribution < -0.4 is 20.5 Å². The van der Waals surface area contributed by atoms with Gasteiger partial charge in [0.2, 0.25) is 5.91 Å². The number of alkyl carbamates (subject to hydrolysis) is 1. The summed E-state index contributed by atoms with van der Waals surface area (Å²) in [6.45, 7) is 0.840. The quantitative estimate of drug-likeness (QED) is 0.258. The molecule has 0 saturated carbocycles. The standard InChI is InChI=1S/C23H27N5O3S/c24-32-26-15-5-4-12-20(28-23(30)31-16-17-8-2-1-3-9-17)22(29)27-19-13-6-10-18-11-7-14-25-21(18)19/h1-3,6-11,13-14,20,26H,4-5,12,15-16,24H2,(H,27,29)(H,28,30). The number of benzene rings is 2. The van der Waals surface area contributed by atoms with E-state index in [1.807, 2.05) is 54.6 Å². The van der Waals surface area contributed by atoms with Crippen molar-refractivity contribution in [3.63, 3.8) is 0 Å². The lowest BCUT2D eigenvalue weighted by Crippen LogP contribution is -2.44. The van der Waals surface area contributed by atoms with E-state index in [1.165, 1.54) is 0 Å². The highest BCUT2D eigenvalue weighted by atomic mass is 32.2. The van der Waals surface area contributed by atoms with Crippen molar-refractivity contribution >= 4 is 40.7 Å². The molecule has 2 amide bonds. The van der Waals surface area contributed by atoms with E-state index in [-0.39, 0.29) is 12.5 Å². The second-order valence-corrected chi connectivity index (χ2v) is 7.66. The zero-order chi connectivity index (χ0) is 22.6. The number of rotatable bonds is 11. The Morgan fingerprint density at radius 3 is 2.66 bits per heavy atom. The lowest BCUT2D eigenvalue weighted by atomic mass is 10.1. The molecule has 0 saturated heterocycles. The van der Waals surface area contributed by atoms with E-state index < -0.39 is 12.1 Å². The third kappa shape index (κ3) is 7.23. The van der Waals surface area contributed by atoms with Crippen LogP contribution in [-0.2, 0) is 16.1 Å². The predicted octanol–water partition coefficient (Wildman–Crippen LogP) is 3.75. The molecule has 168 valence electrons. The van der Waals surface area contributed by atoms with Gasteiger partial charge in [0, 0.05) is 30.3 Å². The molecule has 1 aromatic heterocycles. The molecule has 32 heavy (non-hydrogen) atoms. The molecule has 0 bridgehead atoms. The van der Waals surface area contributed by atoms with E-state index >= 15 is 0 Å². The predicted molar refractivity (Wildman–Crippen MR) is 128 cm³/mol. The molecule has 3 aromatic rings. The van der Waals surface area contributed by atoms with E-state index in [4.69, 9.17) is 9.88 Å². The number of hydrogen-bond donors (Lipinski definition) is 4. The van der Waals surface area contributed by atoms with E-state index in [2.05, 4.69) is 20.3 Å². The van der Waals surface area contributed by atoms with Gasteiger partial charge in [0.15, 0.2) is 0 Å². The number of nitrogens with one attached hydrogen (secondary N) is 3. The van der Waals surface area contributed by atoms with Gasteiger partial charge in [-0.15, -0.1) is 0 Å². The van der Waals surface area contributed by atoms with Gasteiger partial charge in [-0.25, -0.2) is 4.79 Å². The average molecular weight is 454 g/mol. The summed E-state index contributed by atoms with van der Waals surface area (Å²) in [4.78, 5) is 29.8. The fraction of sp³-hybridized carbons (Fsp3) is 0.261. The number of anilines is 1. The first kappa shape index (κ1) is 23.5. The summed E-state index contributed by atoms with van der Waals surface area (Å²) in [6, 6.07) is 18.0. The Kier molecular flexibility index (Phi) is 9.30. The molecule has 0 aliphatic heterocycles. The van der Waals surface area contributed by atoms with E-state index in [0.717, 1.165) is 35.9 Å². The first-order valence-corrected chi connectivity index (χ1v) is 11.3. The molecule has 3 rings (SSSR count). The second kappa shape index (κ2) is 12.7. The lowest BCUT2D eigenvalue weighted by Gasteiger charge is -2.19. The van der Waals surface area contributed by atoms with Gasteiger partial charge in [-0.05, 0) is 37.0 Å². The Hall–Kier alpha value is -3.14. The van der Waals surface area contributed by atoms with Crippen molar-refractivity contribution in [2.75, 3.05) is 11.9 Å². The maximum atomic E-state index is 13.0. The molecular weight excluding hydrogens is 426 g/mol. The van der Waals surface area contributed by atoms with Crippen LogP contribution in [0.1, 0.15) is 24.8 Å². The van der Waals surface area contributed by atoms with Crippen molar-refractivity contribution in [3.8, 4) is 0 Å². The van der Waals surface area contributed by atoms with E-state index in [0.29, 0.717) is 24.2 Å². The minimum Gasteiger partial charge on any atom is -0.445 e. The minimum absolute atomic E-state index is 0.131. The molecule has 8 nitrogen and oxygen atoms in total. The van der Waals surface area contributed by atoms with Crippen molar-refractivity contribution in [1.29, 1.82) is 0 Å². The van der Waals surface area contributed by atoms with Crippen LogP contribution in [0.2, 0.25) is 0 Å². The van der Waals surface area contributed by atoms with Crippen LogP contribution in [0.15, 0.2) is 66.9 Å². The summed E-state index contributed by atoms with van der Waals surface area (Å²) in [6.07, 6.45) is 3.03. The molecule has 2 aromatic carbocycles. The number of amides is 2. The molecule has 0 aliphatic rings. The molecule has 5 N–H and O–H groups in total. The fourth-order valence-corrected chi connectivity index (χ4v) is 3.47. The Labute approximate surface area is 191 Å². The Morgan fingerprint density at radius 1 is 1.03 bits per heavy atom. The third-order valence-electron chi connectivity index (χ3n) is 4.82. The van der Waals surface area contributed by atoms with Crippen molar-refractivity contribution in [2.45, 2.75) is 31.9 Å². The fourth-order valence-electron chi connectivity index (χ4n) is 3.21. The Bertz CT molecular complexity index is 1010. The van der Waals surface area contributed by atoms with Crippen LogP contribution in [0.25, 0.3) is 10.9 Å². The summed E-state index contributed by atoms with van der Waals surface area (Å²) >= 11 is 1.06. The van der Waals surface area contributed by atoms with Gasteiger partial charge < -0.3 is 15.4 Å². The zero-order valence-electron chi connectivity index (χ0n) is 17.6. The number of ether oxygens (including phenoxy) is 1. The number of pyridine rings is 1. The highest BCUT2D eigenvalue weighted by Gasteiger charge is 2.22. The van der Waals surface area contributed by atoms with Gasteiger partial charge in [-0.3, -0.25) is 19.6 Å². The van der Waals surface area contributed by atoms with Gasteiger partial charge in [0.1, 0.15) is 12.6 Å². The molecule has 0 spiro atoms. The summed E-state index contributed by atoms with van der Waals surface area (Å²) in [5, 5.41) is 11.9. The lowest BCUT2D eigenvalue weighted by molar-refractivity contribution is -0.118. The topological polar surface area (TPSA) is 118 Å². The van der Waals surface area contributed by atoms with E-state index in [9.17, 15) is 9.59 Å². The molecule has 1 atom stereocenters. The van der Waals surface area contributed by atoms with Crippen LogP contribution in [0.4, 0.5) is 10.5 Å². The second-order valence-electron chi connectivity index (χ2n) is 7.14. The molecule has 1 unspecified atom stereocenters. The SMILES string of the molecule is NSNCCCCC(NC(=O)OCc1ccccc1)C(=O)Nc1cccc2cccnc12. The highest BCUT2D eigenvalue weighted by Crippen LogP contribution is 2.21. The number of nitrogens with zero attached hydrogens (tertiary/aromatic N) is 1. The number of unbranched alkanes of at least 4 members (excludes halogenated alkanes) is 1. The molecular formula is C23H27N5O3S. The van der Waals surface area contributed by atoms with Crippen molar-refractivity contribution in [1.82, 2.24) is 15.0 Å². The molecule has 9 heteroatoms. The Morgan fingerprint density at radius 2 is 1.84 bits per heavy atom. The number of hydrogen-bond acceptors (Lipinski definition) is 7. The van der Waals surface area contributed by atoms with Gasteiger partial charge >= 0.3 is 6.09 Å². The molecule has 0 aliphatic carbocycles. The summed E-state index contributed by atoms with van der Waals surface area (Å²) in [5.41, 5.74) is 2.16. The minimum atomic E-state index is -0.747. The molecule has 0 radical (unpaired) electrons. The monoisotopic (exact) mass is 453 g/mol. The summed E-state index contributed by atoms with van der Waals surface area (Å²) < 4.78 is 8.26. The van der Waals surface area contributed by atoms with Crippen LogP contribution >= 0.6 is 12.1 Å². The van der Waals surface area contributed by atoms with E-state index in [1.54, 1.807) is 12.3 Å². The number of carbonyl (C=O) groups excluding carboxylic acids is 2. The average Bonchev–Trinajstić information content (AvgIpc) is 2.82. The number of fused-ring (bicyclic) bond motifs is 1. The smallest absolute Gasteiger partial charge is 0.408 e. The van der Waals surface area contributed by atoms with Crippen molar-refractivity contribution in [3.05, 3.63) is 72.4 Å². The normalized spacial score (nSPS) is 11.7. The van der Waals surface area contributed by atoms with Crippen LogP contribution in [0.3, 0.4) is 0 Å². The van der Waals surface area contributed by atoms with Crippen molar-refractivity contribution in [2.24, 2.45) is 5.14 Å². The van der Waals surface area contributed by atoms with Crippen LogP contribution in [-0.4, -0.2) is 29.6 Å². The van der Waals surface area contributed by atoms with Gasteiger partial charge in [-0.1, -0.05) is 48.5 Å². The Balaban J connectivity index is 1.63. The highest BCUT2D eigenvalue weighted by molar-refractivity contribution is 7.95. The molecule has 1 heterocycles. The van der Waals surface area contributed by atoms with Crippen LogP contribution in [0, 0.1) is 0 Å². The van der Waals surface area contributed by atoms with Gasteiger partial charge in [0.05, 0.1) is 11.2 Å². The number of nitrogens with two attached hydrogens (primary N) is 1. The number of carbonyl (C=O) groups is 2. The summed E-state index contributed by atoms with van der Waals surface area (Å²) in [5.74, 6) is -0.319. The van der Waals surface area contributed by atoms with Crippen LogP contribution in [0.5, 0.6) is 0 Å². The number of para-hydroxylation sites is 1. The maximum absolute atomic E-state index is 13.0. The van der Waals surface area contributed by atoms with Gasteiger partial charge in [0.25, 0.3) is 0 Å².